The highest BCUT2D eigenvalue weighted by molar-refractivity contribution is 5.79. The van der Waals surface area contributed by atoms with Gasteiger partial charge in [-0.2, -0.15) is 0 Å². The average Bonchev–Trinajstić information content (AvgIpc) is 3.01. The lowest BCUT2D eigenvalue weighted by atomic mass is 9.78. The summed E-state index contributed by atoms with van der Waals surface area (Å²) in [7, 11) is 1.75. The number of fused-ring (bicyclic) bond motifs is 3. The zero-order chi connectivity index (χ0) is 24.2. The molecule has 3 aromatic carbocycles. The van der Waals surface area contributed by atoms with Crippen molar-refractivity contribution in [2.24, 2.45) is 10.7 Å². The Morgan fingerprint density at radius 2 is 1.91 bits per heavy atom. The third-order valence-electron chi connectivity index (χ3n) is 7.25. The molecular formula is C28H25FN4O2. The minimum atomic E-state index is -1.04. The number of hydrogen-bond donors (Lipinski definition) is 1. The zero-order valence-corrected chi connectivity index (χ0v) is 19.4. The molecule has 2 spiro atoms. The van der Waals surface area contributed by atoms with Gasteiger partial charge in [0.1, 0.15) is 17.2 Å². The number of hydrogen-bond acceptors (Lipinski definition) is 5. The van der Waals surface area contributed by atoms with Crippen LogP contribution in [0.5, 0.6) is 5.75 Å². The van der Waals surface area contributed by atoms with E-state index in [2.05, 4.69) is 29.1 Å². The van der Waals surface area contributed by atoms with Crippen molar-refractivity contribution < 1.29 is 14.0 Å². The van der Waals surface area contributed by atoms with Crippen LogP contribution >= 0.6 is 0 Å². The van der Waals surface area contributed by atoms with Gasteiger partial charge in [-0.25, -0.2) is 24.1 Å². The van der Waals surface area contributed by atoms with Gasteiger partial charge in [0.2, 0.25) is 11.7 Å². The van der Waals surface area contributed by atoms with Crippen molar-refractivity contribution in [3.05, 3.63) is 94.6 Å². The lowest BCUT2D eigenvalue weighted by Gasteiger charge is -2.45. The van der Waals surface area contributed by atoms with Crippen LogP contribution in [0.4, 0.5) is 10.1 Å². The SMILES string of the molecule is [C-]#[N+]c1cc(F)cc(-c2ccc3c(c2)C2(CC4(CCCc5ccccc5C4)O3)N=C(N)N(C)O2)c1. The van der Waals surface area contributed by atoms with Crippen LogP contribution in [0.3, 0.4) is 0 Å². The molecule has 176 valence electrons. The fourth-order valence-corrected chi connectivity index (χ4v) is 5.69. The van der Waals surface area contributed by atoms with Crippen LogP contribution in [0.25, 0.3) is 16.0 Å². The molecule has 6 nitrogen and oxygen atoms in total. The van der Waals surface area contributed by atoms with Crippen molar-refractivity contribution in [2.75, 3.05) is 7.05 Å². The maximum Gasteiger partial charge on any atom is 0.222 e. The van der Waals surface area contributed by atoms with Gasteiger partial charge < -0.3 is 10.5 Å². The number of nitrogens with two attached hydrogens (primary N) is 1. The largest absolute Gasteiger partial charge is 0.486 e. The number of aliphatic imine (C=N–C) groups is 1. The number of guanidine groups is 1. The summed E-state index contributed by atoms with van der Waals surface area (Å²) in [5, 5.41) is 1.50. The number of benzene rings is 3. The molecule has 0 fully saturated rings. The Morgan fingerprint density at radius 3 is 2.69 bits per heavy atom. The summed E-state index contributed by atoms with van der Waals surface area (Å²) >= 11 is 0. The average molecular weight is 469 g/mol. The molecule has 2 atom stereocenters. The molecule has 0 saturated heterocycles. The molecule has 2 N–H and O–H groups in total. The summed E-state index contributed by atoms with van der Waals surface area (Å²) in [6, 6.07) is 18.6. The summed E-state index contributed by atoms with van der Waals surface area (Å²) in [6.45, 7) is 7.29. The molecular weight excluding hydrogens is 443 g/mol. The van der Waals surface area contributed by atoms with Gasteiger partial charge in [0.15, 0.2) is 5.69 Å². The van der Waals surface area contributed by atoms with E-state index in [-0.39, 0.29) is 5.69 Å². The van der Waals surface area contributed by atoms with Gasteiger partial charge in [-0.1, -0.05) is 30.3 Å². The minimum Gasteiger partial charge on any atom is -0.486 e. The highest BCUT2D eigenvalue weighted by atomic mass is 19.1. The van der Waals surface area contributed by atoms with E-state index in [1.54, 1.807) is 13.1 Å². The summed E-state index contributed by atoms with van der Waals surface area (Å²) in [6.07, 6.45) is 4.14. The number of aryl methyl sites for hydroxylation is 1. The van der Waals surface area contributed by atoms with E-state index in [0.29, 0.717) is 23.7 Å². The molecule has 35 heavy (non-hydrogen) atoms. The first-order chi connectivity index (χ1) is 16.9. The monoisotopic (exact) mass is 468 g/mol. The van der Waals surface area contributed by atoms with Crippen molar-refractivity contribution in [1.29, 1.82) is 0 Å². The summed E-state index contributed by atoms with van der Waals surface area (Å²) < 4.78 is 21.0. The summed E-state index contributed by atoms with van der Waals surface area (Å²) in [5.41, 5.74) is 9.67. The van der Waals surface area contributed by atoms with Crippen LogP contribution in [0.15, 0.2) is 65.7 Å². The summed E-state index contributed by atoms with van der Waals surface area (Å²) in [4.78, 5) is 14.6. The first-order valence-corrected chi connectivity index (χ1v) is 11.8. The molecule has 2 aliphatic heterocycles. The maximum atomic E-state index is 14.2. The molecule has 2 unspecified atom stereocenters. The Morgan fingerprint density at radius 1 is 1.09 bits per heavy atom. The van der Waals surface area contributed by atoms with E-state index in [0.717, 1.165) is 36.8 Å². The zero-order valence-electron chi connectivity index (χ0n) is 19.4. The lowest BCUT2D eigenvalue weighted by Crippen LogP contribution is -2.49. The Balaban J connectivity index is 1.48. The Labute approximate surface area is 203 Å². The van der Waals surface area contributed by atoms with Gasteiger partial charge in [0, 0.05) is 19.9 Å². The van der Waals surface area contributed by atoms with E-state index < -0.39 is 17.1 Å². The summed E-state index contributed by atoms with van der Waals surface area (Å²) in [5.74, 6) is 0.536. The van der Waals surface area contributed by atoms with Gasteiger partial charge in [0.05, 0.1) is 12.1 Å². The molecule has 7 heteroatoms. The number of hydroxylamine groups is 2. The predicted octanol–water partition coefficient (Wildman–Crippen LogP) is 5.49. The van der Waals surface area contributed by atoms with E-state index in [4.69, 9.17) is 26.9 Å². The van der Waals surface area contributed by atoms with Crippen molar-refractivity contribution in [1.82, 2.24) is 5.06 Å². The third kappa shape index (κ3) is 3.62. The molecule has 2 heterocycles. The molecule has 0 aromatic heterocycles. The van der Waals surface area contributed by atoms with E-state index in [9.17, 15) is 4.39 Å². The first kappa shape index (κ1) is 21.6. The molecule has 0 saturated carbocycles. The molecule has 0 radical (unpaired) electrons. The third-order valence-corrected chi connectivity index (χ3v) is 7.25. The highest BCUT2D eigenvalue weighted by Gasteiger charge is 2.54. The molecule has 0 bridgehead atoms. The number of nitrogens with zero attached hydrogens (tertiary/aromatic N) is 3. The normalized spacial score (nSPS) is 24.8. The van der Waals surface area contributed by atoms with Gasteiger partial charge in [0.25, 0.3) is 0 Å². The molecule has 6 rings (SSSR count). The molecule has 3 aliphatic rings. The van der Waals surface area contributed by atoms with Crippen molar-refractivity contribution >= 4 is 11.6 Å². The van der Waals surface area contributed by atoms with Gasteiger partial charge >= 0.3 is 0 Å². The quantitative estimate of drug-likeness (QED) is 0.480. The fraction of sp³-hybridized carbons (Fsp3) is 0.286. The molecule has 0 amide bonds. The predicted molar refractivity (Wildman–Crippen MR) is 131 cm³/mol. The minimum absolute atomic E-state index is 0.249. The smallest absolute Gasteiger partial charge is 0.222 e. The van der Waals surface area contributed by atoms with Gasteiger partial charge in [-0.15, -0.1) is 0 Å². The highest BCUT2D eigenvalue weighted by Crippen LogP contribution is 2.53. The second kappa shape index (κ2) is 7.82. The lowest BCUT2D eigenvalue weighted by molar-refractivity contribution is -0.204. The second-order valence-corrected chi connectivity index (χ2v) is 9.62. The van der Waals surface area contributed by atoms with E-state index >= 15 is 0 Å². The Hall–Kier alpha value is -3.89. The van der Waals surface area contributed by atoms with Crippen LogP contribution < -0.4 is 10.5 Å². The number of rotatable bonds is 1. The van der Waals surface area contributed by atoms with E-state index in [1.165, 1.54) is 28.3 Å². The topological polar surface area (TPSA) is 64.4 Å². The fourth-order valence-electron chi connectivity index (χ4n) is 5.69. The molecule has 3 aromatic rings. The van der Waals surface area contributed by atoms with Gasteiger partial charge in [-0.05, 0) is 71.8 Å². The standard InChI is InChI=1S/C28H25FN4O2/c1-31-23-13-21(12-22(29)15-23)19-9-10-25-24(14-19)28(32-26(30)33(2)35-28)17-27(34-25)11-5-8-18-6-3-4-7-20(18)16-27/h3-4,6-7,9-10,12-15H,5,8,11,16-17H2,2H3,(H2,30,32). The first-order valence-electron chi connectivity index (χ1n) is 11.8. The number of halogens is 1. The second-order valence-electron chi connectivity index (χ2n) is 9.62. The number of ether oxygens (including phenoxy) is 1. The van der Waals surface area contributed by atoms with Crippen LogP contribution in [0.2, 0.25) is 0 Å². The van der Waals surface area contributed by atoms with Crippen molar-refractivity contribution in [3.63, 3.8) is 0 Å². The van der Waals surface area contributed by atoms with Crippen LogP contribution in [-0.4, -0.2) is 23.7 Å². The molecule has 1 aliphatic carbocycles. The maximum absolute atomic E-state index is 14.2. The van der Waals surface area contributed by atoms with Crippen LogP contribution in [-0.2, 0) is 23.4 Å². The van der Waals surface area contributed by atoms with E-state index in [1.807, 2.05) is 18.2 Å². The van der Waals surface area contributed by atoms with Crippen molar-refractivity contribution in [3.8, 4) is 16.9 Å². The van der Waals surface area contributed by atoms with Gasteiger partial charge in [-0.3, -0.25) is 0 Å². The van der Waals surface area contributed by atoms with Crippen LogP contribution in [0.1, 0.15) is 36.0 Å². The Kier molecular flexibility index (Phi) is 4.83. The Bertz CT molecular complexity index is 1410. The van der Waals surface area contributed by atoms with Crippen LogP contribution in [0, 0.1) is 12.4 Å². The van der Waals surface area contributed by atoms with Crippen molar-refractivity contribution in [2.45, 2.75) is 43.4 Å².